The van der Waals surface area contributed by atoms with Crippen LogP contribution in [-0.4, -0.2) is 16.1 Å². The molecule has 3 aromatic heterocycles. The monoisotopic (exact) mass is 985 g/mol. The number of nitrogens with zero attached hydrogens (tertiary/aromatic N) is 3. The van der Waals surface area contributed by atoms with Crippen LogP contribution >= 0.6 is 11.3 Å². The second-order valence-corrected chi connectivity index (χ2v) is 21.2. The van der Waals surface area contributed by atoms with Gasteiger partial charge in [0.25, 0.3) is 0 Å². The summed E-state index contributed by atoms with van der Waals surface area (Å²) in [6.07, 6.45) is 5.31. The third kappa shape index (κ3) is 6.69. The molecule has 4 nitrogen and oxygen atoms in total. The molecule has 2 aliphatic rings. The molecule has 0 N–H and O–H groups in total. The van der Waals surface area contributed by atoms with E-state index < -0.39 is 0 Å². The number of hydrogen-bond acceptors (Lipinski definition) is 4. The van der Waals surface area contributed by atoms with Gasteiger partial charge in [-0.3, -0.25) is 0 Å². The molecule has 0 radical (unpaired) electrons. The zero-order valence-corrected chi connectivity index (χ0v) is 41.9. The van der Waals surface area contributed by atoms with Crippen molar-refractivity contribution in [1.82, 2.24) is 4.57 Å². The zero-order valence-electron chi connectivity index (χ0n) is 41.1. The number of thiophene rings is 1. The van der Waals surface area contributed by atoms with Crippen LogP contribution in [0.2, 0.25) is 0 Å². The van der Waals surface area contributed by atoms with Crippen molar-refractivity contribution in [1.29, 1.82) is 0 Å². The number of rotatable bonds is 5. The van der Waals surface area contributed by atoms with Crippen LogP contribution in [0.5, 0.6) is 0 Å². The Morgan fingerprint density at radius 1 is 0.474 bits per heavy atom. The van der Waals surface area contributed by atoms with Crippen molar-refractivity contribution < 1.29 is 4.42 Å². The van der Waals surface area contributed by atoms with Gasteiger partial charge in [-0.05, 0) is 122 Å². The summed E-state index contributed by atoms with van der Waals surface area (Å²) in [5.74, 6) is 0.618. The normalized spacial score (nSPS) is 14.3. The maximum Gasteiger partial charge on any atom is 0.160 e. The predicted octanol–water partition coefficient (Wildman–Crippen LogP) is 19.0. The van der Waals surface area contributed by atoms with Crippen LogP contribution in [-0.2, 0) is 6.42 Å². The number of fused-ring (bicyclic) bond motifs is 15. The molecule has 0 fully saturated rings. The van der Waals surface area contributed by atoms with Crippen LogP contribution in [0.1, 0.15) is 33.4 Å². The van der Waals surface area contributed by atoms with Gasteiger partial charge >= 0.3 is 0 Å². The highest BCUT2D eigenvalue weighted by Crippen LogP contribution is 2.45. The zero-order chi connectivity index (χ0) is 50.0. The van der Waals surface area contributed by atoms with E-state index >= 15 is 0 Å². The van der Waals surface area contributed by atoms with Crippen LogP contribution in [0, 0.1) is 0 Å². The number of hydrogen-bond donors (Lipinski definition) is 0. The van der Waals surface area contributed by atoms with Gasteiger partial charge in [-0.25, -0.2) is 9.98 Å². The summed E-state index contributed by atoms with van der Waals surface area (Å²) in [5, 5.41) is 11.6. The van der Waals surface area contributed by atoms with Gasteiger partial charge in [-0.2, -0.15) is 0 Å². The maximum atomic E-state index is 6.91. The summed E-state index contributed by atoms with van der Waals surface area (Å²) in [4.78, 5) is 11.4. The molecule has 0 bridgehead atoms. The van der Waals surface area contributed by atoms with E-state index in [2.05, 4.69) is 241 Å². The van der Waals surface area contributed by atoms with Crippen LogP contribution in [0.25, 0.3) is 120 Å². The standard InChI is InChI=1S/C71H43N3OS/c1-42-33-61(59-40-60-66(75-65-32-30-44-17-7-8-21-52(44)69(60)65)41-64(59)74-62-25-13-11-23-54(62)58-36-45-18-5-6-19-46(45)38-63(58)74)72-71(49-29-31-56-55-24-12-14-26-67(55)76-68(56)39-49)73-70(42)48-28-27-47-35-50(34-43-15-3-2-4-16-43)51-20-9-10-22-53(51)57(47)37-48/h2-34,36-41H,1,35H2/b50-34-. The van der Waals surface area contributed by atoms with Crippen molar-refractivity contribution in [3.8, 4) is 16.8 Å². The summed E-state index contributed by atoms with van der Waals surface area (Å²) in [6, 6.07) is 81.0. The first-order chi connectivity index (χ1) is 37.5. The fourth-order valence-corrected chi connectivity index (χ4v) is 13.3. The summed E-state index contributed by atoms with van der Waals surface area (Å²) < 4.78 is 11.8. The average molecular weight is 986 g/mol. The molecule has 5 heteroatoms. The summed E-state index contributed by atoms with van der Waals surface area (Å²) >= 11 is 1.80. The van der Waals surface area contributed by atoms with E-state index in [1.807, 2.05) is 0 Å². The maximum absolute atomic E-state index is 6.91. The lowest BCUT2D eigenvalue weighted by molar-refractivity contribution is 0.669. The van der Waals surface area contributed by atoms with E-state index in [-0.39, 0.29) is 0 Å². The van der Waals surface area contributed by atoms with Gasteiger partial charge < -0.3 is 8.98 Å². The Kier molecular flexibility index (Phi) is 9.39. The van der Waals surface area contributed by atoms with E-state index in [0.717, 1.165) is 89.5 Å². The SMILES string of the molecule is C=C1C=C(c2cc3c(cc2-n2c4ccccc4c4cc5ccccc5cc42)oc2ccc4ccccc4c23)N=C(c2ccc3c(c2)sc2ccccc23)N=C1c1ccc2c(c1)-c1ccccc1/C(=C\c1ccccc1)C2. The van der Waals surface area contributed by atoms with Crippen molar-refractivity contribution in [2.24, 2.45) is 9.98 Å². The number of para-hydroxylation sites is 1. The van der Waals surface area contributed by atoms with Gasteiger partial charge in [0.1, 0.15) is 11.2 Å². The van der Waals surface area contributed by atoms with Crippen molar-refractivity contribution in [3.63, 3.8) is 0 Å². The minimum absolute atomic E-state index is 0.618. The molecule has 0 unspecified atom stereocenters. The van der Waals surface area contributed by atoms with E-state index in [1.165, 1.54) is 75.1 Å². The topological polar surface area (TPSA) is 42.8 Å². The van der Waals surface area contributed by atoms with Gasteiger partial charge in [0, 0.05) is 64.5 Å². The average Bonchev–Trinajstić information content (AvgIpc) is 4.10. The van der Waals surface area contributed by atoms with Gasteiger partial charge in [0.15, 0.2) is 5.84 Å². The third-order valence-electron chi connectivity index (χ3n) is 15.7. The van der Waals surface area contributed by atoms with Gasteiger partial charge in [-0.15, -0.1) is 11.3 Å². The highest BCUT2D eigenvalue weighted by atomic mass is 32.1. The van der Waals surface area contributed by atoms with Gasteiger partial charge in [-0.1, -0.05) is 183 Å². The smallest absolute Gasteiger partial charge is 0.160 e. The summed E-state index contributed by atoms with van der Waals surface area (Å²) in [5.41, 5.74) is 17.4. The first kappa shape index (κ1) is 42.8. The molecule has 0 saturated carbocycles. The molecule has 4 heterocycles. The molecule has 76 heavy (non-hydrogen) atoms. The minimum Gasteiger partial charge on any atom is -0.456 e. The fourth-order valence-electron chi connectivity index (χ4n) is 12.2. The molecular formula is C71H43N3OS. The molecule has 16 rings (SSSR count). The Morgan fingerprint density at radius 2 is 1.20 bits per heavy atom. The lowest BCUT2D eigenvalue weighted by atomic mass is 9.80. The number of benzene rings is 11. The summed E-state index contributed by atoms with van der Waals surface area (Å²) in [6.45, 7) is 4.89. The first-order valence-electron chi connectivity index (χ1n) is 25.8. The summed E-state index contributed by atoms with van der Waals surface area (Å²) in [7, 11) is 0. The van der Waals surface area contributed by atoms with Gasteiger partial charge in [0.2, 0.25) is 0 Å². The van der Waals surface area contributed by atoms with Crippen LogP contribution in [0.3, 0.4) is 0 Å². The molecule has 11 aromatic carbocycles. The van der Waals surface area contributed by atoms with Crippen molar-refractivity contribution in [3.05, 3.63) is 276 Å². The lowest BCUT2D eigenvalue weighted by Crippen LogP contribution is -2.09. The van der Waals surface area contributed by atoms with Crippen molar-refractivity contribution >= 4 is 126 Å². The van der Waals surface area contributed by atoms with Crippen molar-refractivity contribution in [2.45, 2.75) is 6.42 Å². The second-order valence-electron chi connectivity index (χ2n) is 20.1. The first-order valence-corrected chi connectivity index (χ1v) is 26.7. The second kappa shape index (κ2) is 16.7. The Balaban J connectivity index is 0.952. The van der Waals surface area contributed by atoms with Gasteiger partial charge in [0.05, 0.1) is 28.1 Å². The number of furan rings is 1. The van der Waals surface area contributed by atoms with E-state index in [1.54, 1.807) is 11.3 Å². The Bertz CT molecular complexity index is 4980. The molecule has 1 aliphatic heterocycles. The lowest BCUT2D eigenvalue weighted by Gasteiger charge is -2.24. The molecule has 1 aliphatic carbocycles. The molecule has 0 amide bonds. The minimum atomic E-state index is 0.618. The molecule has 0 saturated heterocycles. The van der Waals surface area contributed by atoms with E-state index in [0.29, 0.717) is 5.84 Å². The van der Waals surface area contributed by atoms with E-state index in [4.69, 9.17) is 21.0 Å². The largest absolute Gasteiger partial charge is 0.456 e. The van der Waals surface area contributed by atoms with E-state index in [9.17, 15) is 0 Å². The Hall–Kier alpha value is -9.68. The number of amidine groups is 1. The quantitative estimate of drug-likeness (QED) is 0.169. The molecule has 354 valence electrons. The number of aromatic nitrogens is 1. The molecular weight excluding hydrogens is 943 g/mol. The van der Waals surface area contributed by atoms with Crippen LogP contribution < -0.4 is 0 Å². The molecule has 14 aromatic rings. The van der Waals surface area contributed by atoms with Crippen LogP contribution in [0.4, 0.5) is 0 Å². The highest BCUT2D eigenvalue weighted by molar-refractivity contribution is 7.25. The van der Waals surface area contributed by atoms with Crippen molar-refractivity contribution in [2.75, 3.05) is 0 Å². The Morgan fingerprint density at radius 3 is 2.08 bits per heavy atom. The highest BCUT2D eigenvalue weighted by Gasteiger charge is 2.26. The third-order valence-corrected chi connectivity index (χ3v) is 16.8. The number of aliphatic imine (C=N–C) groups is 2. The predicted molar refractivity (Wildman–Crippen MR) is 322 cm³/mol. The number of allylic oxidation sites excluding steroid dienone is 3. The fraction of sp³-hybridized carbons (Fsp3) is 0.0141. The molecule has 0 spiro atoms. The van der Waals surface area contributed by atoms with Crippen LogP contribution in [0.15, 0.2) is 257 Å². The Labute approximate surface area is 441 Å². The molecule has 0 atom stereocenters.